The van der Waals surface area contributed by atoms with E-state index in [4.69, 9.17) is 38.4 Å². The first kappa shape index (κ1) is 20.5. The highest BCUT2D eigenvalue weighted by Crippen LogP contribution is 2.50. The van der Waals surface area contributed by atoms with Crippen LogP contribution in [0.25, 0.3) is 11.1 Å². The highest BCUT2D eigenvalue weighted by atomic mass is 35.5. The van der Waals surface area contributed by atoms with Crippen LogP contribution in [-0.2, 0) is 4.74 Å². The zero-order valence-corrected chi connectivity index (χ0v) is 18.3. The molecule has 31 heavy (non-hydrogen) atoms. The van der Waals surface area contributed by atoms with Crippen LogP contribution in [0.5, 0.6) is 5.75 Å². The van der Waals surface area contributed by atoms with E-state index in [-0.39, 0.29) is 22.5 Å². The molecule has 1 spiro atoms. The standard InChI is InChI=1S/C22H21Cl2FN4O2/c1-12(19-16(23)2-3-17(25)20(19)24)31-18-6-13(8-27-21(18)26)14-9-28-29(10-14)15-7-22(4-5-22)30-11-15/h2-3,6,8-10,12,15H,4-5,7,11H2,1H3,(H2,26,27). The third-order valence-corrected chi connectivity index (χ3v) is 6.69. The van der Waals surface area contributed by atoms with Gasteiger partial charge in [-0.2, -0.15) is 5.10 Å². The van der Waals surface area contributed by atoms with Gasteiger partial charge in [0.25, 0.3) is 0 Å². The largest absolute Gasteiger partial charge is 0.482 e. The van der Waals surface area contributed by atoms with Crippen LogP contribution in [0, 0.1) is 5.82 Å². The zero-order chi connectivity index (χ0) is 21.8. The van der Waals surface area contributed by atoms with E-state index in [0.29, 0.717) is 22.9 Å². The maximum Gasteiger partial charge on any atom is 0.166 e. The molecule has 2 aliphatic rings. The Morgan fingerprint density at radius 2 is 2.10 bits per heavy atom. The molecule has 0 bridgehead atoms. The van der Waals surface area contributed by atoms with Gasteiger partial charge in [0.15, 0.2) is 11.6 Å². The molecule has 2 N–H and O–H groups in total. The second-order valence-corrected chi connectivity index (χ2v) is 8.97. The number of halogens is 3. The van der Waals surface area contributed by atoms with E-state index < -0.39 is 11.9 Å². The summed E-state index contributed by atoms with van der Waals surface area (Å²) in [6.45, 7) is 2.41. The average Bonchev–Trinajstić information content (AvgIpc) is 3.12. The summed E-state index contributed by atoms with van der Waals surface area (Å²) in [5.41, 5.74) is 8.18. The molecule has 6 nitrogen and oxygen atoms in total. The maximum absolute atomic E-state index is 13.9. The van der Waals surface area contributed by atoms with Crippen LogP contribution in [0.3, 0.4) is 0 Å². The summed E-state index contributed by atoms with van der Waals surface area (Å²) in [6.07, 6.45) is 8.08. The van der Waals surface area contributed by atoms with Crippen molar-refractivity contribution in [3.05, 3.63) is 58.2 Å². The monoisotopic (exact) mass is 462 g/mol. The zero-order valence-electron chi connectivity index (χ0n) is 16.8. The second-order valence-electron chi connectivity index (χ2n) is 8.19. The van der Waals surface area contributed by atoms with Gasteiger partial charge in [0, 0.05) is 40.5 Å². The Kier molecular flexibility index (Phi) is 5.07. The number of aromatic nitrogens is 3. The molecular weight excluding hydrogens is 442 g/mol. The molecule has 162 valence electrons. The van der Waals surface area contributed by atoms with Gasteiger partial charge in [-0.05, 0) is 38.0 Å². The van der Waals surface area contributed by atoms with E-state index >= 15 is 0 Å². The molecule has 3 aromatic rings. The van der Waals surface area contributed by atoms with E-state index in [1.165, 1.54) is 12.1 Å². The fraction of sp³-hybridized carbons (Fsp3) is 0.364. The molecular formula is C22H21Cl2FN4O2. The minimum Gasteiger partial charge on any atom is -0.482 e. The number of ether oxygens (including phenoxy) is 2. The smallest absolute Gasteiger partial charge is 0.166 e. The Balaban J connectivity index is 1.38. The summed E-state index contributed by atoms with van der Waals surface area (Å²) in [7, 11) is 0. The third-order valence-electron chi connectivity index (χ3n) is 5.98. The van der Waals surface area contributed by atoms with Crippen molar-refractivity contribution in [2.75, 3.05) is 12.3 Å². The summed E-state index contributed by atoms with van der Waals surface area (Å²) < 4.78 is 27.8. The molecule has 1 aromatic carbocycles. The van der Waals surface area contributed by atoms with E-state index in [9.17, 15) is 4.39 Å². The van der Waals surface area contributed by atoms with Gasteiger partial charge in [-0.3, -0.25) is 4.68 Å². The maximum atomic E-state index is 13.9. The van der Waals surface area contributed by atoms with E-state index in [2.05, 4.69) is 10.1 Å². The lowest BCUT2D eigenvalue weighted by molar-refractivity contribution is 0.0872. The third kappa shape index (κ3) is 3.86. The van der Waals surface area contributed by atoms with Crippen LogP contribution in [-0.4, -0.2) is 27.0 Å². The van der Waals surface area contributed by atoms with Crippen LogP contribution in [0.2, 0.25) is 10.0 Å². The molecule has 1 saturated heterocycles. The SMILES string of the molecule is CC(Oc1cc(-c2cnn(C3COC4(CC4)C3)c2)cnc1N)c1c(Cl)ccc(F)c1Cl. The van der Waals surface area contributed by atoms with Gasteiger partial charge in [-0.15, -0.1) is 0 Å². The van der Waals surface area contributed by atoms with Gasteiger partial charge in [0.2, 0.25) is 0 Å². The van der Waals surface area contributed by atoms with Crippen molar-refractivity contribution in [1.29, 1.82) is 0 Å². The predicted molar refractivity (Wildman–Crippen MR) is 117 cm³/mol. The average molecular weight is 463 g/mol. The van der Waals surface area contributed by atoms with Gasteiger partial charge in [0.1, 0.15) is 11.9 Å². The molecule has 1 saturated carbocycles. The van der Waals surface area contributed by atoms with Gasteiger partial charge in [-0.1, -0.05) is 23.2 Å². The molecule has 5 rings (SSSR count). The Morgan fingerprint density at radius 3 is 2.84 bits per heavy atom. The van der Waals surface area contributed by atoms with Crippen molar-refractivity contribution in [2.45, 2.75) is 43.9 Å². The number of pyridine rings is 1. The van der Waals surface area contributed by atoms with Crippen LogP contribution in [0.4, 0.5) is 10.2 Å². The summed E-state index contributed by atoms with van der Waals surface area (Å²) in [6, 6.07) is 4.69. The molecule has 1 aliphatic heterocycles. The molecule has 2 unspecified atom stereocenters. The van der Waals surface area contributed by atoms with Crippen molar-refractivity contribution >= 4 is 29.0 Å². The predicted octanol–water partition coefficient (Wildman–Crippen LogP) is 5.61. The molecule has 2 atom stereocenters. The van der Waals surface area contributed by atoms with E-state index in [1.54, 1.807) is 25.4 Å². The molecule has 0 radical (unpaired) electrons. The van der Waals surface area contributed by atoms with Gasteiger partial charge in [0.05, 0.1) is 29.5 Å². The second kappa shape index (κ2) is 7.65. The minimum absolute atomic E-state index is 0.0730. The molecule has 2 fully saturated rings. The van der Waals surface area contributed by atoms with Crippen molar-refractivity contribution < 1.29 is 13.9 Å². The van der Waals surface area contributed by atoms with E-state index in [0.717, 1.165) is 30.4 Å². The number of benzene rings is 1. The Labute approximate surface area is 189 Å². The lowest BCUT2D eigenvalue weighted by Gasteiger charge is -2.19. The van der Waals surface area contributed by atoms with Crippen molar-refractivity contribution in [3.63, 3.8) is 0 Å². The molecule has 2 aromatic heterocycles. The lowest BCUT2D eigenvalue weighted by Crippen LogP contribution is -2.09. The van der Waals surface area contributed by atoms with Crippen LogP contribution in [0.15, 0.2) is 36.8 Å². The molecule has 9 heteroatoms. The number of rotatable bonds is 5. The number of nitrogen functional groups attached to an aromatic ring is 1. The molecule has 3 heterocycles. The van der Waals surface area contributed by atoms with Gasteiger partial charge < -0.3 is 15.2 Å². The summed E-state index contributed by atoms with van der Waals surface area (Å²) in [4.78, 5) is 4.26. The minimum atomic E-state index is -0.636. The topological polar surface area (TPSA) is 75.2 Å². The van der Waals surface area contributed by atoms with Crippen LogP contribution < -0.4 is 10.5 Å². The first-order chi connectivity index (χ1) is 14.8. The number of nitrogens with zero attached hydrogens (tertiary/aromatic N) is 3. The van der Waals surface area contributed by atoms with Crippen LogP contribution >= 0.6 is 23.2 Å². The number of anilines is 1. The molecule has 1 aliphatic carbocycles. The fourth-order valence-electron chi connectivity index (χ4n) is 4.04. The lowest BCUT2D eigenvalue weighted by atomic mass is 10.1. The first-order valence-electron chi connectivity index (χ1n) is 10.1. The summed E-state index contributed by atoms with van der Waals surface area (Å²) in [5, 5.41) is 4.76. The first-order valence-corrected chi connectivity index (χ1v) is 10.8. The Hall–Kier alpha value is -2.35. The van der Waals surface area contributed by atoms with Gasteiger partial charge >= 0.3 is 0 Å². The Morgan fingerprint density at radius 1 is 1.29 bits per heavy atom. The summed E-state index contributed by atoms with van der Waals surface area (Å²) >= 11 is 12.3. The summed E-state index contributed by atoms with van der Waals surface area (Å²) in [5.74, 6) is 0.00874. The van der Waals surface area contributed by atoms with Gasteiger partial charge in [-0.25, -0.2) is 9.37 Å². The highest BCUT2D eigenvalue weighted by Gasteiger charge is 2.50. The highest BCUT2D eigenvalue weighted by molar-refractivity contribution is 6.36. The fourth-order valence-corrected chi connectivity index (χ4v) is 4.71. The normalized spacial score (nSPS) is 20.2. The van der Waals surface area contributed by atoms with Crippen LogP contribution in [0.1, 0.15) is 43.9 Å². The van der Waals surface area contributed by atoms with Crippen molar-refractivity contribution in [3.8, 4) is 16.9 Å². The van der Waals surface area contributed by atoms with Crippen molar-refractivity contribution in [2.24, 2.45) is 0 Å². The number of hydrogen-bond acceptors (Lipinski definition) is 5. The number of nitrogens with two attached hydrogens (primary N) is 1. The van der Waals surface area contributed by atoms with Crippen molar-refractivity contribution in [1.82, 2.24) is 14.8 Å². The van der Waals surface area contributed by atoms with E-state index in [1.807, 2.05) is 10.9 Å². The molecule has 0 amide bonds. The number of hydrogen-bond donors (Lipinski definition) is 1. The quantitative estimate of drug-likeness (QED) is 0.498. The Bertz CT molecular complexity index is 1150.